The second-order valence-electron chi connectivity index (χ2n) is 4.59. The number of hydrogen-bond donors (Lipinski definition) is 0. The van der Waals surface area contributed by atoms with Gasteiger partial charge in [-0.1, -0.05) is 11.9 Å². The molecule has 1 aliphatic rings. The van der Waals surface area contributed by atoms with Crippen LogP contribution in [0.1, 0.15) is 42.5 Å². The van der Waals surface area contributed by atoms with Crippen molar-refractivity contribution < 1.29 is 0 Å². The van der Waals surface area contributed by atoms with Crippen molar-refractivity contribution >= 4 is 34.2 Å². The molecule has 0 aliphatic heterocycles. The lowest BCUT2D eigenvalue weighted by molar-refractivity contribution is 0.699. The molecule has 2 aromatic heterocycles. The molecule has 0 N–H and O–H groups in total. The minimum absolute atomic E-state index is 0.776. The Morgan fingerprint density at radius 1 is 1.24 bits per heavy atom. The Labute approximate surface area is 111 Å². The van der Waals surface area contributed by atoms with Crippen molar-refractivity contribution in [2.24, 2.45) is 0 Å². The van der Waals surface area contributed by atoms with E-state index in [1.165, 1.54) is 35.1 Å². The van der Waals surface area contributed by atoms with Gasteiger partial charge < -0.3 is 12.6 Å². The maximum absolute atomic E-state index is 5.45. The van der Waals surface area contributed by atoms with Crippen LogP contribution in [0, 0.1) is 0 Å². The average Bonchev–Trinajstić information content (AvgIpc) is 2.67. The van der Waals surface area contributed by atoms with Crippen LogP contribution < -0.4 is 0 Å². The number of nitrogens with zero attached hydrogens (tertiary/aromatic N) is 2. The van der Waals surface area contributed by atoms with Crippen molar-refractivity contribution in [2.75, 3.05) is 0 Å². The predicted molar refractivity (Wildman–Crippen MR) is 73.7 cm³/mol. The van der Waals surface area contributed by atoms with Gasteiger partial charge in [0.2, 0.25) is 0 Å². The van der Waals surface area contributed by atoms with Gasteiger partial charge in [-0.25, -0.2) is 4.98 Å². The summed E-state index contributed by atoms with van der Waals surface area (Å²) in [5, 5.41) is 1.96. The highest BCUT2D eigenvalue weighted by atomic mass is 32.1. The number of rotatable bonds is 2. The summed E-state index contributed by atoms with van der Waals surface area (Å²) in [6, 6.07) is 0. The number of aryl methyl sites for hydroxylation is 3. The third-order valence-corrected chi connectivity index (χ3v) is 4.78. The lowest BCUT2D eigenvalue weighted by Crippen LogP contribution is -2.00. The van der Waals surface area contributed by atoms with Gasteiger partial charge in [-0.2, -0.15) is 0 Å². The van der Waals surface area contributed by atoms with Gasteiger partial charge in [-0.05, 0) is 37.7 Å². The standard InChI is InChI=1S/C13H16N2S2/c1-2-5-10-14-12(16)11-8-6-3-4-7-9(8)17-13(11)15-10/h2-7H2,1H3,(H,14,15,16)/p-1. The summed E-state index contributed by atoms with van der Waals surface area (Å²) >= 11 is 7.29. The fourth-order valence-corrected chi connectivity index (χ4v) is 4.17. The first kappa shape index (κ1) is 11.4. The minimum atomic E-state index is 0.776. The Kier molecular flexibility index (Phi) is 3.01. The molecule has 2 heterocycles. The number of hydrogen-bond acceptors (Lipinski definition) is 4. The van der Waals surface area contributed by atoms with E-state index in [0.717, 1.165) is 34.9 Å². The molecule has 0 aromatic carbocycles. The zero-order valence-electron chi connectivity index (χ0n) is 9.95. The third-order valence-electron chi connectivity index (χ3n) is 3.30. The first-order chi connectivity index (χ1) is 8.29. The molecule has 0 amide bonds. The smallest absolute Gasteiger partial charge is 0.128 e. The highest BCUT2D eigenvalue weighted by Crippen LogP contribution is 2.36. The molecule has 3 rings (SSSR count). The number of aromatic nitrogens is 2. The topological polar surface area (TPSA) is 25.8 Å². The van der Waals surface area contributed by atoms with Crippen molar-refractivity contribution in [1.82, 2.24) is 9.97 Å². The molecule has 17 heavy (non-hydrogen) atoms. The van der Waals surface area contributed by atoms with Gasteiger partial charge in [0.05, 0.1) is 0 Å². The van der Waals surface area contributed by atoms with E-state index in [2.05, 4.69) is 16.9 Å². The van der Waals surface area contributed by atoms with Gasteiger partial charge in [-0.3, -0.25) is 4.98 Å². The summed E-state index contributed by atoms with van der Waals surface area (Å²) in [4.78, 5) is 11.8. The van der Waals surface area contributed by atoms with Gasteiger partial charge in [0.15, 0.2) is 0 Å². The van der Waals surface area contributed by atoms with Crippen molar-refractivity contribution in [3.05, 3.63) is 16.3 Å². The second-order valence-corrected chi connectivity index (χ2v) is 6.06. The first-order valence-electron chi connectivity index (χ1n) is 6.27. The Balaban J connectivity index is 2.19. The van der Waals surface area contributed by atoms with Crippen molar-refractivity contribution in [1.29, 1.82) is 0 Å². The second kappa shape index (κ2) is 4.50. The van der Waals surface area contributed by atoms with E-state index in [0.29, 0.717) is 0 Å². The zero-order chi connectivity index (χ0) is 11.8. The van der Waals surface area contributed by atoms with Crippen LogP contribution in [-0.4, -0.2) is 9.97 Å². The Morgan fingerprint density at radius 2 is 2.06 bits per heavy atom. The van der Waals surface area contributed by atoms with E-state index in [4.69, 9.17) is 12.6 Å². The molecule has 0 unspecified atom stereocenters. The van der Waals surface area contributed by atoms with Gasteiger partial charge in [0.1, 0.15) is 10.7 Å². The van der Waals surface area contributed by atoms with Crippen molar-refractivity contribution in [2.45, 2.75) is 50.5 Å². The highest BCUT2D eigenvalue weighted by Gasteiger charge is 2.17. The molecule has 90 valence electrons. The van der Waals surface area contributed by atoms with E-state index in [1.54, 1.807) is 0 Å². The van der Waals surface area contributed by atoms with Crippen LogP contribution in [0.15, 0.2) is 5.03 Å². The van der Waals surface area contributed by atoms with Crippen LogP contribution in [0.25, 0.3) is 10.2 Å². The van der Waals surface area contributed by atoms with Crippen LogP contribution in [-0.2, 0) is 31.9 Å². The summed E-state index contributed by atoms with van der Waals surface area (Å²) in [7, 11) is 0. The molecule has 0 atom stereocenters. The Hall–Kier alpha value is -0.740. The maximum Gasteiger partial charge on any atom is 0.128 e. The van der Waals surface area contributed by atoms with Crippen molar-refractivity contribution in [3.8, 4) is 0 Å². The Bertz CT molecular complexity index is 560. The van der Waals surface area contributed by atoms with Gasteiger partial charge >= 0.3 is 0 Å². The molecule has 2 aromatic rings. The number of fused-ring (bicyclic) bond motifs is 3. The van der Waals surface area contributed by atoms with Crippen LogP contribution in [0.5, 0.6) is 0 Å². The van der Waals surface area contributed by atoms with Crippen LogP contribution >= 0.6 is 11.3 Å². The summed E-state index contributed by atoms with van der Waals surface area (Å²) in [6.07, 6.45) is 6.96. The predicted octanol–water partition coefficient (Wildman–Crippen LogP) is 3.43. The van der Waals surface area contributed by atoms with Crippen LogP contribution in [0.3, 0.4) is 0 Å². The first-order valence-corrected chi connectivity index (χ1v) is 7.50. The SMILES string of the molecule is CCCc1nc([S-])c2c3c(sc2n1)CCCC3. The largest absolute Gasteiger partial charge is 0.759 e. The number of thiophene rings is 1. The lowest BCUT2D eigenvalue weighted by atomic mass is 9.97. The van der Waals surface area contributed by atoms with E-state index in [-0.39, 0.29) is 0 Å². The Morgan fingerprint density at radius 3 is 2.88 bits per heavy atom. The molecule has 0 radical (unpaired) electrons. The van der Waals surface area contributed by atoms with Crippen LogP contribution in [0.4, 0.5) is 0 Å². The van der Waals surface area contributed by atoms with E-state index >= 15 is 0 Å². The molecule has 0 bridgehead atoms. The minimum Gasteiger partial charge on any atom is -0.759 e. The molecule has 0 saturated carbocycles. The monoisotopic (exact) mass is 263 g/mol. The normalized spacial score (nSPS) is 15.1. The molecular formula is C13H15N2S2-. The van der Waals surface area contributed by atoms with E-state index in [9.17, 15) is 0 Å². The van der Waals surface area contributed by atoms with Gasteiger partial charge in [0, 0.05) is 16.7 Å². The molecule has 4 heteroatoms. The highest BCUT2D eigenvalue weighted by molar-refractivity contribution is 7.59. The molecule has 0 saturated heterocycles. The van der Waals surface area contributed by atoms with Crippen molar-refractivity contribution in [3.63, 3.8) is 0 Å². The van der Waals surface area contributed by atoms with Gasteiger partial charge in [-0.15, -0.1) is 11.3 Å². The molecule has 0 fully saturated rings. The average molecular weight is 263 g/mol. The summed E-state index contributed by atoms with van der Waals surface area (Å²) < 4.78 is 0. The quantitative estimate of drug-likeness (QED) is 0.613. The fourth-order valence-electron chi connectivity index (χ4n) is 2.50. The molecule has 2 nitrogen and oxygen atoms in total. The third kappa shape index (κ3) is 1.93. The maximum atomic E-state index is 5.45. The molecule has 1 aliphatic carbocycles. The van der Waals surface area contributed by atoms with E-state index < -0.39 is 0 Å². The summed E-state index contributed by atoms with van der Waals surface area (Å²) in [5.74, 6) is 0.920. The van der Waals surface area contributed by atoms with Crippen LogP contribution in [0.2, 0.25) is 0 Å². The van der Waals surface area contributed by atoms with E-state index in [1.807, 2.05) is 11.3 Å². The van der Waals surface area contributed by atoms with Gasteiger partial charge in [0.25, 0.3) is 0 Å². The zero-order valence-corrected chi connectivity index (χ0v) is 11.6. The summed E-state index contributed by atoms with van der Waals surface area (Å²) in [5.41, 5.74) is 1.45. The molecular weight excluding hydrogens is 248 g/mol. The fraction of sp³-hybridized carbons (Fsp3) is 0.538. The summed E-state index contributed by atoms with van der Waals surface area (Å²) in [6.45, 7) is 2.15. The molecule has 0 spiro atoms. The lowest BCUT2D eigenvalue weighted by Gasteiger charge is -2.14.